The first-order valence-corrected chi connectivity index (χ1v) is 13.6. The maximum atomic E-state index is 11.5. The van der Waals surface area contributed by atoms with Crippen LogP contribution in [0.15, 0.2) is 29.7 Å². The SMILES string of the molecule is O=C(O)CC1C(O)CC(OC2CCCCO2)C1C=CC(CCc1cccs1)OC1CCCCO1. The summed E-state index contributed by atoms with van der Waals surface area (Å²) in [6, 6.07) is 4.19. The van der Waals surface area contributed by atoms with Gasteiger partial charge in [0, 0.05) is 36.3 Å². The number of aliphatic hydroxyl groups excluding tert-OH is 1. The van der Waals surface area contributed by atoms with E-state index in [-0.39, 0.29) is 37.1 Å². The van der Waals surface area contributed by atoms with E-state index in [1.165, 1.54) is 4.88 Å². The van der Waals surface area contributed by atoms with Crippen LogP contribution in [0.1, 0.15) is 62.7 Å². The van der Waals surface area contributed by atoms with Crippen molar-refractivity contribution in [3.63, 3.8) is 0 Å². The summed E-state index contributed by atoms with van der Waals surface area (Å²) in [7, 11) is 0. The van der Waals surface area contributed by atoms with Crippen LogP contribution in [0.5, 0.6) is 0 Å². The minimum Gasteiger partial charge on any atom is -0.481 e. The lowest BCUT2D eigenvalue weighted by molar-refractivity contribution is -0.193. The normalized spacial score (nSPS) is 33.3. The maximum absolute atomic E-state index is 11.5. The largest absolute Gasteiger partial charge is 0.481 e. The number of aliphatic carboxylic acids is 1. The smallest absolute Gasteiger partial charge is 0.303 e. The molecule has 0 radical (unpaired) electrons. The van der Waals surface area contributed by atoms with E-state index in [4.69, 9.17) is 18.9 Å². The molecule has 7 nitrogen and oxygen atoms in total. The van der Waals surface area contributed by atoms with E-state index < -0.39 is 18.0 Å². The van der Waals surface area contributed by atoms with Crippen LogP contribution < -0.4 is 0 Å². The molecule has 8 heteroatoms. The fourth-order valence-corrected chi connectivity index (χ4v) is 5.94. The number of aryl methyl sites for hydroxylation is 1. The van der Waals surface area contributed by atoms with Crippen molar-refractivity contribution in [1.82, 2.24) is 0 Å². The number of rotatable bonds is 11. The summed E-state index contributed by atoms with van der Waals surface area (Å²) >= 11 is 1.74. The van der Waals surface area contributed by atoms with Gasteiger partial charge in [-0.05, 0) is 62.8 Å². The molecule has 3 fully saturated rings. The molecule has 1 saturated carbocycles. The first-order chi connectivity index (χ1) is 16.6. The summed E-state index contributed by atoms with van der Waals surface area (Å²) in [5, 5.41) is 22.2. The Morgan fingerprint density at radius 1 is 1.18 bits per heavy atom. The number of hydrogen-bond donors (Lipinski definition) is 2. The molecule has 7 unspecified atom stereocenters. The fraction of sp³-hybridized carbons (Fsp3) is 0.731. The Labute approximate surface area is 206 Å². The van der Waals surface area contributed by atoms with Gasteiger partial charge in [-0.3, -0.25) is 4.79 Å². The summed E-state index contributed by atoms with van der Waals surface area (Å²) in [5.74, 6) is -1.51. The lowest BCUT2D eigenvalue weighted by Crippen LogP contribution is -2.31. The standard InChI is InChI=1S/C26H38O7S/c27-22-17-23(33-26-8-2-4-14-31-26)20(21(22)16-24(28)29)12-10-18(9-11-19-6-5-15-34-19)32-25-7-1-3-13-30-25/h5-6,10,12,15,18,20-23,25-27H,1-4,7-9,11,13-14,16-17H2,(H,28,29). The van der Waals surface area contributed by atoms with E-state index in [0.29, 0.717) is 13.0 Å². The minimum atomic E-state index is -0.905. The first kappa shape index (κ1) is 25.8. The molecule has 4 rings (SSSR count). The van der Waals surface area contributed by atoms with Crippen molar-refractivity contribution in [3.05, 3.63) is 34.5 Å². The van der Waals surface area contributed by atoms with Gasteiger partial charge in [0.05, 0.1) is 24.7 Å². The van der Waals surface area contributed by atoms with E-state index in [1.807, 2.05) is 12.2 Å². The van der Waals surface area contributed by atoms with Crippen molar-refractivity contribution >= 4 is 17.3 Å². The second-order valence-corrected chi connectivity index (χ2v) is 10.6. The average Bonchev–Trinajstić information content (AvgIpc) is 3.45. The zero-order valence-electron chi connectivity index (χ0n) is 19.8. The monoisotopic (exact) mass is 494 g/mol. The lowest BCUT2D eigenvalue weighted by Gasteiger charge is -2.29. The van der Waals surface area contributed by atoms with Crippen molar-refractivity contribution in [1.29, 1.82) is 0 Å². The highest BCUT2D eigenvalue weighted by Gasteiger charge is 2.44. The first-order valence-electron chi connectivity index (χ1n) is 12.7. The van der Waals surface area contributed by atoms with Crippen LogP contribution in [0.3, 0.4) is 0 Å². The summed E-state index contributed by atoms with van der Waals surface area (Å²) in [4.78, 5) is 12.8. The predicted molar refractivity (Wildman–Crippen MR) is 129 cm³/mol. The average molecular weight is 495 g/mol. The second kappa shape index (κ2) is 13.1. The Bertz CT molecular complexity index is 755. The molecule has 2 N–H and O–H groups in total. The number of thiophene rings is 1. The van der Waals surface area contributed by atoms with E-state index in [2.05, 4.69) is 17.5 Å². The van der Waals surface area contributed by atoms with Gasteiger partial charge in [0.25, 0.3) is 0 Å². The van der Waals surface area contributed by atoms with Gasteiger partial charge in [0.1, 0.15) is 0 Å². The van der Waals surface area contributed by atoms with Crippen molar-refractivity contribution in [3.8, 4) is 0 Å². The fourth-order valence-electron chi connectivity index (χ4n) is 5.22. The van der Waals surface area contributed by atoms with Gasteiger partial charge in [-0.25, -0.2) is 0 Å². The molecule has 1 aromatic heterocycles. The molecule has 3 aliphatic rings. The second-order valence-electron chi connectivity index (χ2n) is 9.59. The maximum Gasteiger partial charge on any atom is 0.303 e. The third-order valence-electron chi connectivity index (χ3n) is 7.03. The quantitative estimate of drug-likeness (QED) is 0.437. The van der Waals surface area contributed by atoms with Crippen molar-refractivity contribution < 1.29 is 34.0 Å². The topological polar surface area (TPSA) is 94.5 Å². The Kier molecular flexibility index (Phi) is 9.97. The summed E-state index contributed by atoms with van der Waals surface area (Å²) in [6.45, 7) is 1.40. The highest BCUT2D eigenvalue weighted by atomic mass is 32.1. The van der Waals surface area contributed by atoms with Gasteiger partial charge in [-0.2, -0.15) is 0 Å². The van der Waals surface area contributed by atoms with Gasteiger partial charge in [-0.1, -0.05) is 18.2 Å². The molecule has 2 saturated heterocycles. The van der Waals surface area contributed by atoms with Crippen LogP contribution in [0.4, 0.5) is 0 Å². The Balaban J connectivity index is 1.46. The van der Waals surface area contributed by atoms with E-state index in [9.17, 15) is 15.0 Å². The van der Waals surface area contributed by atoms with Gasteiger partial charge in [-0.15, -0.1) is 11.3 Å². The van der Waals surface area contributed by atoms with Crippen LogP contribution in [0, 0.1) is 11.8 Å². The van der Waals surface area contributed by atoms with Gasteiger partial charge in [0.2, 0.25) is 0 Å². The van der Waals surface area contributed by atoms with Gasteiger partial charge < -0.3 is 29.2 Å². The van der Waals surface area contributed by atoms with Crippen LogP contribution in [-0.4, -0.2) is 60.3 Å². The molecular formula is C26H38O7S. The Morgan fingerprint density at radius 3 is 2.59 bits per heavy atom. The molecular weight excluding hydrogens is 456 g/mol. The number of ether oxygens (including phenoxy) is 4. The number of aliphatic hydroxyl groups is 1. The van der Waals surface area contributed by atoms with E-state index >= 15 is 0 Å². The predicted octanol–water partition coefficient (Wildman–Crippen LogP) is 4.53. The summed E-state index contributed by atoms with van der Waals surface area (Å²) < 4.78 is 24.2. The van der Waals surface area contributed by atoms with Crippen LogP contribution >= 0.6 is 11.3 Å². The highest BCUT2D eigenvalue weighted by Crippen LogP contribution is 2.39. The molecule has 1 aromatic rings. The number of carbonyl (C=O) groups is 1. The van der Waals surface area contributed by atoms with Crippen molar-refractivity contribution in [2.75, 3.05) is 13.2 Å². The highest BCUT2D eigenvalue weighted by molar-refractivity contribution is 7.09. The molecule has 3 heterocycles. The third-order valence-corrected chi connectivity index (χ3v) is 7.97. The van der Waals surface area contributed by atoms with E-state index in [0.717, 1.165) is 58.0 Å². The molecule has 1 aliphatic carbocycles. The number of hydrogen-bond acceptors (Lipinski definition) is 7. The van der Waals surface area contributed by atoms with Crippen LogP contribution in [-0.2, 0) is 30.2 Å². The molecule has 0 bridgehead atoms. The number of carboxylic acid groups (broad SMARTS) is 1. The summed E-state index contributed by atoms with van der Waals surface area (Å²) in [6.07, 6.45) is 10.4. The third kappa shape index (κ3) is 7.60. The Morgan fingerprint density at radius 2 is 1.94 bits per heavy atom. The lowest BCUT2D eigenvalue weighted by atomic mass is 9.89. The summed E-state index contributed by atoms with van der Waals surface area (Å²) in [5.41, 5.74) is 0. The zero-order chi connectivity index (χ0) is 23.8. The van der Waals surface area contributed by atoms with Gasteiger partial charge >= 0.3 is 5.97 Å². The zero-order valence-corrected chi connectivity index (χ0v) is 20.6. The Hall–Kier alpha value is -1.29. The number of carboxylic acids is 1. The van der Waals surface area contributed by atoms with Crippen LogP contribution in [0.2, 0.25) is 0 Å². The molecule has 190 valence electrons. The van der Waals surface area contributed by atoms with E-state index in [1.54, 1.807) is 11.3 Å². The molecule has 34 heavy (non-hydrogen) atoms. The molecule has 0 aromatic carbocycles. The molecule has 0 spiro atoms. The molecule has 0 amide bonds. The molecule has 2 aliphatic heterocycles. The van der Waals surface area contributed by atoms with Crippen molar-refractivity contribution in [2.45, 2.75) is 95.1 Å². The molecule has 7 atom stereocenters. The van der Waals surface area contributed by atoms with Crippen LogP contribution in [0.25, 0.3) is 0 Å². The van der Waals surface area contributed by atoms with Crippen molar-refractivity contribution in [2.24, 2.45) is 11.8 Å². The van der Waals surface area contributed by atoms with Gasteiger partial charge in [0.15, 0.2) is 12.6 Å². The minimum absolute atomic E-state index is 0.0893.